The van der Waals surface area contributed by atoms with Crippen LogP contribution < -0.4 is 0 Å². The van der Waals surface area contributed by atoms with E-state index in [1.54, 1.807) is 60.7 Å². The second kappa shape index (κ2) is 10.2. The summed E-state index contributed by atoms with van der Waals surface area (Å²) in [4.78, 5) is 50.1. The Labute approximate surface area is 206 Å². The van der Waals surface area contributed by atoms with Gasteiger partial charge in [0.1, 0.15) is 5.76 Å². The fourth-order valence-corrected chi connectivity index (χ4v) is 4.44. The number of carbonyl (C=O) groups excluding carboxylic acids is 2. The van der Waals surface area contributed by atoms with Crippen molar-refractivity contribution in [1.82, 2.24) is 4.90 Å². The largest absolute Gasteiger partial charge is 0.507 e. The fraction of sp³-hybridized carbons (Fsp3) is 0.148. The van der Waals surface area contributed by atoms with Crippen LogP contribution in [0.4, 0.5) is 5.69 Å². The van der Waals surface area contributed by atoms with Gasteiger partial charge < -0.3 is 15.1 Å². The Morgan fingerprint density at radius 1 is 0.944 bits per heavy atom. The van der Waals surface area contributed by atoms with E-state index in [1.165, 1.54) is 29.2 Å². The highest BCUT2D eigenvalue weighted by Gasteiger charge is 2.47. The number of nitro groups is 1. The Balaban J connectivity index is 1.87. The molecule has 1 aliphatic rings. The number of hydrogen-bond acceptors (Lipinski definition) is 6. The highest BCUT2D eigenvalue weighted by molar-refractivity contribution is 6.46. The predicted molar refractivity (Wildman–Crippen MR) is 130 cm³/mol. The monoisotopic (exact) mass is 486 g/mol. The molecule has 0 aromatic heterocycles. The van der Waals surface area contributed by atoms with Gasteiger partial charge in [0, 0.05) is 30.2 Å². The van der Waals surface area contributed by atoms with Gasteiger partial charge in [0.25, 0.3) is 17.4 Å². The van der Waals surface area contributed by atoms with Gasteiger partial charge in [-0.2, -0.15) is 0 Å². The number of aliphatic carboxylic acids is 1. The number of carbonyl (C=O) groups is 3. The van der Waals surface area contributed by atoms with E-state index in [4.69, 9.17) is 0 Å². The molecule has 1 aliphatic heterocycles. The lowest BCUT2D eigenvalue weighted by Crippen LogP contribution is -2.34. The first-order valence-electron chi connectivity index (χ1n) is 11.1. The smallest absolute Gasteiger partial charge is 0.304 e. The standard InChI is InChI=1S/C27H22N2O7/c30-22(31)15-20(17-8-3-1-4-9-17)16-28-24(19-12-7-13-21(14-19)29(35)36)23(26(33)27(28)34)25(32)18-10-5-2-6-11-18/h1-14,20,24,32H,15-16H2,(H,30,31)/b25-23-. The van der Waals surface area contributed by atoms with Crippen LogP contribution in [0.2, 0.25) is 0 Å². The van der Waals surface area contributed by atoms with Crippen LogP contribution in [-0.4, -0.2) is 44.2 Å². The van der Waals surface area contributed by atoms with Crippen LogP contribution >= 0.6 is 0 Å². The number of aliphatic hydroxyl groups excluding tert-OH is 1. The molecule has 1 heterocycles. The summed E-state index contributed by atoms with van der Waals surface area (Å²) in [5.74, 6) is -4.04. The van der Waals surface area contributed by atoms with Gasteiger partial charge in [0.2, 0.25) is 0 Å². The number of carboxylic acids is 1. The first-order chi connectivity index (χ1) is 17.3. The van der Waals surface area contributed by atoms with E-state index in [9.17, 15) is 34.7 Å². The topological polar surface area (TPSA) is 138 Å². The molecule has 2 N–H and O–H groups in total. The van der Waals surface area contributed by atoms with E-state index in [2.05, 4.69) is 0 Å². The summed E-state index contributed by atoms with van der Waals surface area (Å²) in [6, 6.07) is 21.3. The van der Waals surface area contributed by atoms with Gasteiger partial charge in [0.15, 0.2) is 0 Å². The van der Waals surface area contributed by atoms with Crippen molar-refractivity contribution >= 4 is 29.1 Å². The van der Waals surface area contributed by atoms with Crippen molar-refractivity contribution in [2.75, 3.05) is 6.54 Å². The lowest BCUT2D eigenvalue weighted by atomic mass is 9.92. The molecule has 3 aromatic carbocycles. The first kappa shape index (κ1) is 24.3. The number of likely N-dealkylation sites (tertiary alicyclic amines) is 1. The second-order valence-electron chi connectivity index (χ2n) is 8.38. The molecule has 2 atom stereocenters. The molecule has 9 nitrogen and oxygen atoms in total. The molecule has 0 spiro atoms. The van der Waals surface area contributed by atoms with Gasteiger partial charge in [-0.25, -0.2) is 0 Å². The number of nitro benzene ring substituents is 1. The maximum Gasteiger partial charge on any atom is 0.304 e. The van der Waals surface area contributed by atoms with Gasteiger partial charge in [-0.15, -0.1) is 0 Å². The van der Waals surface area contributed by atoms with Crippen molar-refractivity contribution in [3.63, 3.8) is 0 Å². The lowest BCUT2D eigenvalue weighted by molar-refractivity contribution is -0.384. The van der Waals surface area contributed by atoms with Gasteiger partial charge in [-0.1, -0.05) is 72.8 Å². The maximum atomic E-state index is 13.3. The van der Waals surface area contributed by atoms with E-state index in [0.29, 0.717) is 11.1 Å². The molecule has 36 heavy (non-hydrogen) atoms. The average Bonchev–Trinajstić information content (AvgIpc) is 3.13. The zero-order valence-corrected chi connectivity index (χ0v) is 19.0. The first-order valence-corrected chi connectivity index (χ1v) is 11.1. The van der Waals surface area contributed by atoms with Gasteiger partial charge in [-0.05, 0) is 11.1 Å². The highest BCUT2D eigenvalue weighted by Crippen LogP contribution is 2.41. The van der Waals surface area contributed by atoms with E-state index >= 15 is 0 Å². The molecule has 0 aliphatic carbocycles. The van der Waals surface area contributed by atoms with Crippen LogP contribution in [0.1, 0.15) is 35.1 Å². The van der Waals surface area contributed by atoms with Crippen molar-refractivity contribution in [2.45, 2.75) is 18.4 Å². The Morgan fingerprint density at radius 3 is 2.19 bits per heavy atom. The third-order valence-corrected chi connectivity index (χ3v) is 6.09. The number of benzene rings is 3. The van der Waals surface area contributed by atoms with Crippen LogP contribution in [0.15, 0.2) is 90.5 Å². The third-order valence-electron chi connectivity index (χ3n) is 6.09. The van der Waals surface area contributed by atoms with Crippen LogP contribution in [0.5, 0.6) is 0 Å². The summed E-state index contributed by atoms with van der Waals surface area (Å²) in [5.41, 5.74) is 0.749. The normalized spacial score (nSPS) is 17.7. The molecule has 0 radical (unpaired) electrons. The summed E-state index contributed by atoms with van der Waals surface area (Å²) >= 11 is 0. The van der Waals surface area contributed by atoms with Crippen LogP contribution in [0.25, 0.3) is 5.76 Å². The molecular formula is C27H22N2O7. The van der Waals surface area contributed by atoms with Gasteiger partial charge >= 0.3 is 5.97 Å². The molecule has 2 unspecified atom stereocenters. The zero-order chi connectivity index (χ0) is 25.8. The maximum absolute atomic E-state index is 13.3. The number of ketones is 1. The predicted octanol–water partition coefficient (Wildman–Crippen LogP) is 4.28. The summed E-state index contributed by atoms with van der Waals surface area (Å²) < 4.78 is 0. The van der Waals surface area contributed by atoms with Gasteiger partial charge in [0.05, 0.1) is 23.0 Å². The van der Waals surface area contributed by atoms with Crippen molar-refractivity contribution in [1.29, 1.82) is 0 Å². The van der Waals surface area contributed by atoms with Crippen molar-refractivity contribution in [3.05, 3.63) is 117 Å². The van der Waals surface area contributed by atoms with E-state index in [1.807, 2.05) is 0 Å². The van der Waals surface area contributed by atoms with Crippen molar-refractivity contribution in [3.8, 4) is 0 Å². The highest BCUT2D eigenvalue weighted by atomic mass is 16.6. The minimum atomic E-state index is -1.15. The molecule has 182 valence electrons. The second-order valence-corrected chi connectivity index (χ2v) is 8.38. The lowest BCUT2D eigenvalue weighted by Gasteiger charge is -2.29. The molecular weight excluding hydrogens is 464 g/mol. The molecule has 1 fully saturated rings. The van der Waals surface area contributed by atoms with Crippen LogP contribution in [0.3, 0.4) is 0 Å². The Hall–Kier alpha value is -4.79. The number of carboxylic acid groups (broad SMARTS) is 1. The molecule has 3 aromatic rings. The van der Waals surface area contributed by atoms with Crippen LogP contribution in [0, 0.1) is 10.1 Å². The van der Waals surface area contributed by atoms with Gasteiger partial charge in [-0.3, -0.25) is 24.5 Å². The molecule has 1 amide bonds. The van der Waals surface area contributed by atoms with Crippen LogP contribution in [-0.2, 0) is 14.4 Å². The third kappa shape index (κ3) is 4.85. The molecule has 0 saturated carbocycles. The minimum absolute atomic E-state index is 0.153. The minimum Gasteiger partial charge on any atom is -0.507 e. The number of Topliss-reactive ketones (excluding diaryl/α,β-unsaturated/α-hetero) is 1. The molecule has 9 heteroatoms. The van der Waals surface area contributed by atoms with Crippen molar-refractivity contribution < 1.29 is 29.5 Å². The van der Waals surface area contributed by atoms with Crippen molar-refractivity contribution in [2.24, 2.45) is 0 Å². The average molecular weight is 486 g/mol. The Kier molecular flexibility index (Phi) is 6.91. The number of amides is 1. The summed E-state index contributed by atoms with van der Waals surface area (Å²) in [6.07, 6.45) is -0.312. The number of hydrogen-bond donors (Lipinski definition) is 2. The fourth-order valence-electron chi connectivity index (χ4n) is 4.44. The Bertz CT molecular complexity index is 1350. The summed E-state index contributed by atoms with van der Waals surface area (Å²) in [6.45, 7) is -0.153. The van der Waals surface area contributed by atoms with E-state index in [-0.39, 0.29) is 29.8 Å². The number of non-ortho nitro benzene ring substituents is 1. The molecule has 4 rings (SSSR count). The number of nitrogens with zero attached hydrogens (tertiary/aromatic N) is 2. The van der Waals surface area contributed by atoms with E-state index in [0.717, 1.165) is 0 Å². The number of aliphatic hydroxyl groups is 1. The SMILES string of the molecule is O=C(O)CC(CN1C(=O)C(=O)/C(=C(\O)c2ccccc2)C1c1cccc([N+](=O)[O-])c1)c1ccccc1. The summed E-state index contributed by atoms with van der Waals surface area (Å²) in [7, 11) is 0. The summed E-state index contributed by atoms with van der Waals surface area (Å²) in [5, 5.41) is 32.0. The van der Waals surface area contributed by atoms with E-state index < -0.39 is 40.3 Å². The molecule has 0 bridgehead atoms. The Morgan fingerprint density at radius 2 is 1.58 bits per heavy atom. The quantitative estimate of drug-likeness (QED) is 0.159. The number of rotatable bonds is 8. The molecule has 1 saturated heterocycles. The zero-order valence-electron chi connectivity index (χ0n) is 19.0.